The Morgan fingerprint density at radius 2 is 0.952 bits per heavy atom. The number of pyridine rings is 2. The van der Waals surface area contributed by atoms with Gasteiger partial charge in [-0.25, -0.2) is 0 Å². The molecule has 0 spiro atoms. The summed E-state index contributed by atoms with van der Waals surface area (Å²) in [5.74, 6) is 0. The van der Waals surface area contributed by atoms with Gasteiger partial charge in [-0.3, -0.25) is 0 Å². The molecule has 0 aliphatic carbocycles. The van der Waals surface area contributed by atoms with E-state index in [9.17, 15) is 0 Å². The molecule has 104 valence electrons. The molecule has 5 heteroatoms. The van der Waals surface area contributed by atoms with Crippen molar-refractivity contribution < 1.29 is 21.1 Å². The Hall–Kier alpha value is -0.753. The van der Waals surface area contributed by atoms with E-state index in [0.29, 0.717) is 0 Å². The molecule has 2 aromatic carbocycles. The van der Waals surface area contributed by atoms with Crippen molar-refractivity contribution in [2.24, 2.45) is 0 Å². The van der Waals surface area contributed by atoms with Gasteiger partial charge < -0.3 is 0 Å². The van der Waals surface area contributed by atoms with E-state index in [4.69, 9.17) is 0 Å². The minimum atomic E-state index is 0. The van der Waals surface area contributed by atoms with Crippen molar-refractivity contribution in [3.8, 4) is 0 Å². The van der Waals surface area contributed by atoms with E-state index < -0.39 is 0 Å². The van der Waals surface area contributed by atoms with Crippen molar-refractivity contribution >= 4 is 73.8 Å². The molecule has 4 aromatic rings. The Morgan fingerprint density at radius 3 is 1.43 bits per heavy atom. The van der Waals surface area contributed by atoms with E-state index in [0.717, 1.165) is 36.4 Å². The second-order valence-electron chi connectivity index (χ2n) is 4.67. The molecule has 0 saturated carbocycles. The van der Waals surface area contributed by atoms with Crippen LogP contribution in [0, 0.1) is 0 Å². The molecule has 0 unspecified atom stereocenters. The Kier molecular flexibility index (Phi) is 4.18. The van der Waals surface area contributed by atoms with Gasteiger partial charge in [-0.05, 0) is 0 Å². The second kappa shape index (κ2) is 5.80. The van der Waals surface area contributed by atoms with Gasteiger partial charge in [-0.2, -0.15) is 0 Å². The standard InChI is InChI=1S/C16H8N2Se2.Pt/c19-12-7-5-10-3-1-9-2-4-11-6-8-13(20)18-16(11)14(9)15(10)17-12;/h1-8H;. The van der Waals surface area contributed by atoms with Crippen molar-refractivity contribution in [1.29, 1.82) is 0 Å². The third-order valence-electron chi connectivity index (χ3n) is 3.45. The molecule has 0 saturated heterocycles. The van der Waals surface area contributed by atoms with E-state index in [1.54, 1.807) is 0 Å². The van der Waals surface area contributed by atoms with Crippen LogP contribution in [0.4, 0.5) is 0 Å². The van der Waals surface area contributed by atoms with Crippen LogP contribution in [-0.2, 0) is 21.1 Å². The first-order chi connectivity index (χ1) is 9.72. The van der Waals surface area contributed by atoms with Crippen LogP contribution in [0.25, 0.3) is 32.6 Å². The summed E-state index contributed by atoms with van der Waals surface area (Å²) in [7, 11) is 0. The van der Waals surface area contributed by atoms with Gasteiger partial charge in [-0.15, -0.1) is 0 Å². The Labute approximate surface area is 152 Å². The maximum absolute atomic E-state index is 4.68. The van der Waals surface area contributed by atoms with Gasteiger partial charge >= 0.3 is 132 Å². The molecular weight excluding hydrogens is 573 g/mol. The number of hydrogen-bond acceptors (Lipinski definition) is 2. The minimum absolute atomic E-state index is 0. The number of aromatic nitrogens is 2. The summed E-state index contributed by atoms with van der Waals surface area (Å²) < 4.78 is 1.81. The molecule has 2 aromatic heterocycles. The summed E-state index contributed by atoms with van der Waals surface area (Å²) in [6.45, 7) is 0. The summed E-state index contributed by atoms with van der Waals surface area (Å²) in [5.41, 5.74) is 2.00. The number of benzene rings is 2. The molecule has 2 nitrogen and oxygen atoms in total. The molecule has 0 aliphatic heterocycles. The molecule has 0 aliphatic rings. The Morgan fingerprint density at radius 1 is 0.571 bits per heavy atom. The number of rotatable bonds is 0. The average Bonchev–Trinajstić information content (AvgIpc) is 2.46. The molecule has 21 heavy (non-hydrogen) atoms. The zero-order valence-electron chi connectivity index (χ0n) is 10.6. The zero-order valence-corrected chi connectivity index (χ0v) is 16.3. The number of fused-ring (bicyclic) bond motifs is 5. The van der Waals surface area contributed by atoms with Crippen LogP contribution < -0.4 is 9.18 Å². The van der Waals surface area contributed by atoms with Crippen molar-refractivity contribution in [2.75, 3.05) is 0 Å². The molecule has 2 heterocycles. The third-order valence-corrected chi connectivity index (χ3v) is 4.40. The van der Waals surface area contributed by atoms with Gasteiger partial charge in [0.1, 0.15) is 0 Å². The Balaban J connectivity index is 0.00000132. The van der Waals surface area contributed by atoms with Crippen LogP contribution in [0.2, 0.25) is 0 Å². The van der Waals surface area contributed by atoms with E-state index in [2.05, 4.69) is 78.4 Å². The summed E-state index contributed by atoms with van der Waals surface area (Å²) in [4.78, 5) is 9.36. The predicted octanol–water partition coefficient (Wildman–Crippen LogP) is 1.52. The van der Waals surface area contributed by atoms with Crippen LogP contribution >= 0.6 is 0 Å². The molecule has 0 fully saturated rings. The summed E-state index contributed by atoms with van der Waals surface area (Å²) in [6.07, 6.45) is 0. The van der Waals surface area contributed by atoms with Gasteiger partial charge in [0.05, 0.1) is 0 Å². The molecule has 0 N–H and O–H groups in total. The van der Waals surface area contributed by atoms with Gasteiger partial charge in [0, 0.05) is 21.1 Å². The zero-order chi connectivity index (χ0) is 13.7. The fourth-order valence-corrected chi connectivity index (χ4v) is 3.21. The van der Waals surface area contributed by atoms with Crippen molar-refractivity contribution in [3.63, 3.8) is 0 Å². The van der Waals surface area contributed by atoms with Gasteiger partial charge in [0.25, 0.3) is 0 Å². The van der Waals surface area contributed by atoms with E-state index >= 15 is 0 Å². The van der Waals surface area contributed by atoms with Gasteiger partial charge in [0.2, 0.25) is 0 Å². The van der Waals surface area contributed by atoms with Gasteiger partial charge in [0.15, 0.2) is 0 Å². The second-order valence-corrected chi connectivity index (χ2v) is 6.43. The predicted molar refractivity (Wildman–Crippen MR) is 85.3 cm³/mol. The van der Waals surface area contributed by atoms with Crippen LogP contribution in [0.1, 0.15) is 0 Å². The fraction of sp³-hybridized carbons (Fsp3) is 0. The summed E-state index contributed by atoms with van der Waals surface area (Å²) >= 11 is 5.96. The number of hydrogen-bond donors (Lipinski definition) is 0. The van der Waals surface area contributed by atoms with E-state index in [1.165, 1.54) is 5.39 Å². The van der Waals surface area contributed by atoms with Crippen molar-refractivity contribution in [3.05, 3.63) is 48.5 Å². The van der Waals surface area contributed by atoms with Crippen molar-refractivity contribution in [1.82, 2.24) is 9.97 Å². The summed E-state index contributed by atoms with van der Waals surface area (Å²) in [6, 6.07) is 16.6. The van der Waals surface area contributed by atoms with Crippen LogP contribution in [0.3, 0.4) is 0 Å². The first kappa shape index (κ1) is 15.2. The third kappa shape index (κ3) is 2.56. The maximum atomic E-state index is 4.68. The van der Waals surface area contributed by atoms with Crippen LogP contribution in [0.5, 0.6) is 0 Å². The fourth-order valence-electron chi connectivity index (χ4n) is 2.54. The first-order valence-electron chi connectivity index (χ1n) is 6.20. The normalized spacial score (nSPS) is 10.9. The van der Waals surface area contributed by atoms with Crippen LogP contribution in [-0.4, -0.2) is 42.0 Å². The molecule has 2 radical (unpaired) electrons. The topological polar surface area (TPSA) is 25.8 Å². The SMILES string of the molecule is [Pt].[Se]c1ccc2ccc3ccc4ccc([Se])nc4c3c2n1. The summed E-state index contributed by atoms with van der Waals surface area (Å²) in [5, 5.41) is 4.56. The molecule has 0 bridgehead atoms. The van der Waals surface area contributed by atoms with Crippen LogP contribution in [0.15, 0.2) is 48.5 Å². The Bertz CT molecular complexity index is 909. The monoisotopic (exact) mass is 583 g/mol. The van der Waals surface area contributed by atoms with E-state index in [-0.39, 0.29) is 21.1 Å². The molecule has 0 amide bonds. The number of nitrogens with zero attached hydrogens (tertiary/aromatic N) is 2. The molecular formula is C16H8N2PtSe2. The first-order valence-corrected chi connectivity index (χ1v) is 7.91. The van der Waals surface area contributed by atoms with Gasteiger partial charge in [-0.1, -0.05) is 0 Å². The molecule has 0 atom stereocenters. The molecule has 4 rings (SSSR count). The van der Waals surface area contributed by atoms with E-state index in [1.807, 2.05) is 12.1 Å². The quantitative estimate of drug-likeness (QED) is 0.233. The van der Waals surface area contributed by atoms with Crippen molar-refractivity contribution in [2.45, 2.75) is 0 Å². The average molecular weight is 581 g/mol.